The van der Waals surface area contributed by atoms with E-state index in [4.69, 9.17) is 0 Å². The van der Waals surface area contributed by atoms with Crippen molar-refractivity contribution in [1.82, 2.24) is 10.3 Å². The van der Waals surface area contributed by atoms with Gasteiger partial charge in [0.15, 0.2) is 0 Å². The molecule has 0 aliphatic carbocycles. The fraction of sp³-hybridized carbons (Fsp3) is 0.381. The molecular formula is C21H26N4O2. The molecule has 6 nitrogen and oxygen atoms in total. The average Bonchev–Trinajstić information content (AvgIpc) is 3.16. The Labute approximate surface area is 160 Å². The maximum absolute atomic E-state index is 12.5. The van der Waals surface area contributed by atoms with Gasteiger partial charge in [-0.15, -0.1) is 0 Å². The second-order valence-corrected chi connectivity index (χ2v) is 7.83. The van der Waals surface area contributed by atoms with Crippen molar-refractivity contribution in [3.05, 3.63) is 53.9 Å². The van der Waals surface area contributed by atoms with Crippen molar-refractivity contribution in [2.75, 3.05) is 23.3 Å². The summed E-state index contributed by atoms with van der Waals surface area (Å²) >= 11 is 0. The maximum Gasteiger partial charge on any atom is 0.270 e. The van der Waals surface area contributed by atoms with Crippen molar-refractivity contribution in [2.45, 2.75) is 39.2 Å². The van der Waals surface area contributed by atoms with Crippen LogP contribution in [-0.4, -0.2) is 35.4 Å². The number of carbonyl (C=O) groups is 2. The van der Waals surface area contributed by atoms with E-state index < -0.39 is 0 Å². The second kappa shape index (κ2) is 7.78. The smallest absolute Gasteiger partial charge is 0.270 e. The van der Waals surface area contributed by atoms with Gasteiger partial charge >= 0.3 is 0 Å². The van der Waals surface area contributed by atoms with E-state index in [0.717, 1.165) is 18.8 Å². The monoisotopic (exact) mass is 366 g/mol. The molecular weight excluding hydrogens is 340 g/mol. The zero-order valence-electron chi connectivity index (χ0n) is 16.1. The van der Waals surface area contributed by atoms with E-state index in [9.17, 15) is 9.59 Å². The third-order valence-electron chi connectivity index (χ3n) is 4.34. The summed E-state index contributed by atoms with van der Waals surface area (Å²) in [7, 11) is 0. The van der Waals surface area contributed by atoms with Gasteiger partial charge in [0, 0.05) is 41.8 Å². The SMILES string of the molecule is CC(C)(C)NC(=O)c1cc(C(=O)Nc2ccc(N3CCCC3)cc2)ccn1. The van der Waals surface area contributed by atoms with Gasteiger partial charge in [-0.1, -0.05) is 0 Å². The average molecular weight is 366 g/mol. The Hall–Kier alpha value is -2.89. The van der Waals surface area contributed by atoms with E-state index in [1.54, 1.807) is 6.07 Å². The number of hydrogen-bond donors (Lipinski definition) is 2. The van der Waals surface area contributed by atoms with Crippen LogP contribution in [0.1, 0.15) is 54.5 Å². The molecule has 1 aromatic heterocycles. The van der Waals surface area contributed by atoms with Crippen LogP contribution in [-0.2, 0) is 0 Å². The number of hydrogen-bond acceptors (Lipinski definition) is 4. The van der Waals surface area contributed by atoms with Crippen LogP contribution < -0.4 is 15.5 Å². The standard InChI is InChI=1S/C21H26N4O2/c1-21(2,3)24-20(27)18-14-15(10-11-22-18)19(26)23-16-6-8-17(9-7-16)25-12-4-5-13-25/h6-11,14H,4-5,12-13H2,1-3H3,(H,23,26)(H,24,27). The van der Waals surface area contributed by atoms with Gasteiger partial charge in [-0.2, -0.15) is 0 Å². The zero-order chi connectivity index (χ0) is 19.4. The molecule has 1 saturated heterocycles. The lowest BCUT2D eigenvalue weighted by Crippen LogP contribution is -2.41. The molecule has 1 fully saturated rings. The normalized spacial score (nSPS) is 14.1. The number of anilines is 2. The third kappa shape index (κ3) is 5.06. The summed E-state index contributed by atoms with van der Waals surface area (Å²) in [6, 6.07) is 11.0. The van der Waals surface area contributed by atoms with E-state index in [2.05, 4.69) is 20.5 Å². The van der Waals surface area contributed by atoms with Crippen LogP contribution in [0.15, 0.2) is 42.6 Å². The minimum Gasteiger partial charge on any atom is -0.372 e. The molecule has 0 saturated carbocycles. The fourth-order valence-electron chi connectivity index (χ4n) is 3.03. The topological polar surface area (TPSA) is 74.3 Å². The van der Waals surface area contributed by atoms with Crippen LogP contribution in [0.25, 0.3) is 0 Å². The molecule has 0 atom stereocenters. The van der Waals surface area contributed by atoms with Crippen LogP contribution >= 0.6 is 0 Å². The first-order valence-corrected chi connectivity index (χ1v) is 9.27. The molecule has 3 rings (SSSR count). The van der Waals surface area contributed by atoms with Crippen LogP contribution in [0.3, 0.4) is 0 Å². The van der Waals surface area contributed by atoms with E-state index in [-0.39, 0.29) is 23.0 Å². The Kier molecular flexibility index (Phi) is 5.44. The van der Waals surface area contributed by atoms with Gasteiger partial charge in [-0.3, -0.25) is 14.6 Å². The molecule has 1 aliphatic rings. The van der Waals surface area contributed by atoms with E-state index >= 15 is 0 Å². The van der Waals surface area contributed by atoms with Crippen molar-refractivity contribution in [3.63, 3.8) is 0 Å². The Morgan fingerprint density at radius 3 is 2.30 bits per heavy atom. The van der Waals surface area contributed by atoms with Crippen molar-refractivity contribution in [2.24, 2.45) is 0 Å². The van der Waals surface area contributed by atoms with E-state index in [1.165, 1.54) is 30.8 Å². The number of amides is 2. The lowest BCUT2D eigenvalue weighted by Gasteiger charge is -2.20. The second-order valence-electron chi connectivity index (χ2n) is 7.83. The number of nitrogens with one attached hydrogen (secondary N) is 2. The van der Waals surface area contributed by atoms with Crippen molar-refractivity contribution in [1.29, 1.82) is 0 Å². The number of rotatable bonds is 4. The Morgan fingerprint density at radius 1 is 1.00 bits per heavy atom. The van der Waals surface area contributed by atoms with Crippen molar-refractivity contribution >= 4 is 23.2 Å². The van der Waals surface area contributed by atoms with Gasteiger partial charge in [0.2, 0.25) is 0 Å². The number of carbonyl (C=O) groups excluding carboxylic acids is 2. The van der Waals surface area contributed by atoms with Crippen LogP contribution in [0.2, 0.25) is 0 Å². The number of pyridine rings is 1. The predicted molar refractivity (Wildman–Crippen MR) is 107 cm³/mol. The lowest BCUT2D eigenvalue weighted by molar-refractivity contribution is 0.0914. The highest BCUT2D eigenvalue weighted by Gasteiger charge is 2.18. The molecule has 2 aromatic rings. The van der Waals surface area contributed by atoms with Gasteiger partial charge in [0.1, 0.15) is 5.69 Å². The van der Waals surface area contributed by atoms with Gasteiger partial charge in [-0.25, -0.2) is 0 Å². The first-order chi connectivity index (χ1) is 12.8. The summed E-state index contributed by atoms with van der Waals surface area (Å²) < 4.78 is 0. The minimum absolute atomic E-state index is 0.224. The molecule has 0 radical (unpaired) electrons. The number of benzene rings is 1. The molecule has 1 aliphatic heterocycles. The largest absolute Gasteiger partial charge is 0.372 e. The van der Waals surface area contributed by atoms with Crippen LogP contribution in [0.4, 0.5) is 11.4 Å². The van der Waals surface area contributed by atoms with E-state index in [0.29, 0.717) is 5.56 Å². The van der Waals surface area contributed by atoms with Crippen LogP contribution in [0, 0.1) is 0 Å². The molecule has 2 heterocycles. The van der Waals surface area contributed by atoms with Crippen LogP contribution in [0.5, 0.6) is 0 Å². The zero-order valence-corrected chi connectivity index (χ0v) is 16.1. The van der Waals surface area contributed by atoms with Crippen molar-refractivity contribution < 1.29 is 9.59 Å². The van der Waals surface area contributed by atoms with E-state index in [1.807, 2.05) is 45.0 Å². The molecule has 6 heteroatoms. The summed E-state index contributed by atoms with van der Waals surface area (Å²) in [5.74, 6) is -0.566. The highest BCUT2D eigenvalue weighted by Crippen LogP contribution is 2.22. The number of nitrogens with zero attached hydrogens (tertiary/aromatic N) is 2. The van der Waals surface area contributed by atoms with Gasteiger partial charge in [-0.05, 0) is 70.0 Å². The van der Waals surface area contributed by atoms with Gasteiger partial charge < -0.3 is 15.5 Å². The predicted octanol–water partition coefficient (Wildman–Crippen LogP) is 3.46. The molecule has 27 heavy (non-hydrogen) atoms. The summed E-state index contributed by atoms with van der Waals surface area (Å²) in [5.41, 5.74) is 2.15. The summed E-state index contributed by atoms with van der Waals surface area (Å²) in [6.45, 7) is 7.86. The Morgan fingerprint density at radius 2 is 1.67 bits per heavy atom. The molecule has 0 unspecified atom stereocenters. The third-order valence-corrected chi connectivity index (χ3v) is 4.34. The minimum atomic E-state index is -0.367. The Bertz CT molecular complexity index is 819. The summed E-state index contributed by atoms with van der Waals surface area (Å²) in [5, 5.41) is 5.72. The lowest BCUT2D eigenvalue weighted by atomic mass is 10.1. The highest BCUT2D eigenvalue weighted by molar-refractivity contribution is 6.05. The quantitative estimate of drug-likeness (QED) is 0.869. The molecule has 2 amide bonds. The first-order valence-electron chi connectivity index (χ1n) is 9.27. The van der Waals surface area contributed by atoms with Gasteiger partial charge in [0.05, 0.1) is 0 Å². The molecule has 2 N–H and O–H groups in total. The maximum atomic E-state index is 12.5. The summed E-state index contributed by atoms with van der Waals surface area (Å²) in [6.07, 6.45) is 3.93. The first kappa shape index (κ1) is 18.9. The number of aromatic nitrogens is 1. The molecule has 0 bridgehead atoms. The fourth-order valence-corrected chi connectivity index (χ4v) is 3.03. The highest BCUT2D eigenvalue weighted by atomic mass is 16.2. The van der Waals surface area contributed by atoms with Crippen molar-refractivity contribution in [3.8, 4) is 0 Å². The Balaban J connectivity index is 1.67. The van der Waals surface area contributed by atoms with Gasteiger partial charge in [0.25, 0.3) is 11.8 Å². The molecule has 142 valence electrons. The molecule has 0 spiro atoms. The molecule has 1 aromatic carbocycles. The summed E-state index contributed by atoms with van der Waals surface area (Å²) in [4.78, 5) is 31.2.